The van der Waals surface area contributed by atoms with E-state index >= 15 is 0 Å². The van der Waals surface area contributed by atoms with Gasteiger partial charge in [0, 0.05) is 18.2 Å². The molecule has 0 atom stereocenters. The number of carbonyl (C=O) groups excluding carboxylic acids is 1. The third kappa shape index (κ3) is 4.31. The standard InChI is InChI=1S/C18H16ClN3O4/c1-11-20-17(22-26-11)10-25-14-6-3-12(4-7-14)18(23)21-13-5-8-16(24-2)15(19)9-13/h3-9H,10H2,1-2H3,(H,21,23). The lowest BCUT2D eigenvalue weighted by atomic mass is 10.2. The van der Waals surface area contributed by atoms with Gasteiger partial charge in [0.05, 0.1) is 12.1 Å². The number of rotatable bonds is 6. The van der Waals surface area contributed by atoms with E-state index in [1.807, 2.05) is 0 Å². The molecule has 0 saturated carbocycles. The normalized spacial score (nSPS) is 10.4. The Hall–Kier alpha value is -3.06. The maximum absolute atomic E-state index is 12.3. The summed E-state index contributed by atoms with van der Waals surface area (Å²) in [6.45, 7) is 1.90. The number of halogens is 1. The van der Waals surface area contributed by atoms with Crippen LogP contribution in [0.1, 0.15) is 22.1 Å². The van der Waals surface area contributed by atoms with E-state index in [0.717, 1.165) is 0 Å². The van der Waals surface area contributed by atoms with Gasteiger partial charge in [0.15, 0.2) is 6.61 Å². The van der Waals surface area contributed by atoms with Crippen LogP contribution in [0.2, 0.25) is 5.02 Å². The number of hydrogen-bond donors (Lipinski definition) is 1. The molecular weight excluding hydrogens is 358 g/mol. The highest BCUT2D eigenvalue weighted by molar-refractivity contribution is 6.32. The van der Waals surface area contributed by atoms with Crippen LogP contribution in [0.4, 0.5) is 5.69 Å². The second kappa shape index (κ2) is 7.88. The smallest absolute Gasteiger partial charge is 0.255 e. The van der Waals surface area contributed by atoms with Gasteiger partial charge in [-0.3, -0.25) is 4.79 Å². The second-order valence-corrected chi connectivity index (χ2v) is 5.75. The average molecular weight is 374 g/mol. The highest BCUT2D eigenvalue weighted by atomic mass is 35.5. The quantitative estimate of drug-likeness (QED) is 0.705. The van der Waals surface area contributed by atoms with Crippen molar-refractivity contribution >= 4 is 23.2 Å². The third-order valence-electron chi connectivity index (χ3n) is 3.46. The molecule has 0 aliphatic carbocycles. The van der Waals surface area contributed by atoms with Crippen molar-refractivity contribution in [3.05, 3.63) is 64.8 Å². The van der Waals surface area contributed by atoms with Crippen molar-refractivity contribution in [1.82, 2.24) is 10.1 Å². The minimum absolute atomic E-state index is 0.188. The van der Waals surface area contributed by atoms with E-state index in [-0.39, 0.29) is 12.5 Å². The van der Waals surface area contributed by atoms with Gasteiger partial charge in [-0.05, 0) is 42.5 Å². The van der Waals surface area contributed by atoms with Crippen molar-refractivity contribution in [3.8, 4) is 11.5 Å². The first-order valence-corrected chi connectivity index (χ1v) is 8.10. The molecule has 0 aliphatic heterocycles. The van der Waals surface area contributed by atoms with Crippen LogP contribution in [0.25, 0.3) is 0 Å². The number of amides is 1. The van der Waals surface area contributed by atoms with E-state index in [4.69, 9.17) is 25.6 Å². The van der Waals surface area contributed by atoms with E-state index in [1.54, 1.807) is 49.4 Å². The van der Waals surface area contributed by atoms with Gasteiger partial charge in [0.25, 0.3) is 5.91 Å². The van der Waals surface area contributed by atoms with Crippen LogP contribution < -0.4 is 14.8 Å². The largest absolute Gasteiger partial charge is 0.495 e. The highest BCUT2D eigenvalue weighted by Gasteiger charge is 2.09. The van der Waals surface area contributed by atoms with Crippen molar-refractivity contribution in [2.24, 2.45) is 0 Å². The molecule has 0 bridgehead atoms. The monoisotopic (exact) mass is 373 g/mol. The summed E-state index contributed by atoms with van der Waals surface area (Å²) in [7, 11) is 1.53. The number of aromatic nitrogens is 2. The summed E-state index contributed by atoms with van der Waals surface area (Å²) in [6, 6.07) is 11.8. The summed E-state index contributed by atoms with van der Waals surface area (Å²) in [5.41, 5.74) is 1.06. The van der Waals surface area contributed by atoms with Gasteiger partial charge in [-0.1, -0.05) is 16.8 Å². The lowest BCUT2D eigenvalue weighted by molar-refractivity contribution is 0.102. The van der Waals surface area contributed by atoms with Crippen LogP contribution >= 0.6 is 11.6 Å². The maximum atomic E-state index is 12.3. The van der Waals surface area contributed by atoms with Crippen molar-refractivity contribution in [2.75, 3.05) is 12.4 Å². The predicted octanol–water partition coefficient (Wildman–Crippen LogP) is 3.87. The van der Waals surface area contributed by atoms with Gasteiger partial charge in [0.1, 0.15) is 11.5 Å². The molecule has 1 N–H and O–H groups in total. The van der Waals surface area contributed by atoms with Gasteiger partial charge < -0.3 is 19.3 Å². The fourth-order valence-corrected chi connectivity index (χ4v) is 2.46. The zero-order chi connectivity index (χ0) is 18.5. The Labute approximate surface area is 154 Å². The average Bonchev–Trinajstić information content (AvgIpc) is 3.06. The predicted molar refractivity (Wildman–Crippen MR) is 95.8 cm³/mol. The van der Waals surface area contributed by atoms with Gasteiger partial charge in [0.2, 0.25) is 11.7 Å². The molecule has 8 heteroatoms. The van der Waals surface area contributed by atoms with E-state index in [9.17, 15) is 4.79 Å². The summed E-state index contributed by atoms with van der Waals surface area (Å²) in [4.78, 5) is 16.4. The molecule has 3 rings (SSSR count). The molecule has 0 aliphatic rings. The molecule has 134 valence electrons. The first-order valence-electron chi connectivity index (χ1n) is 7.72. The molecule has 0 radical (unpaired) electrons. The molecule has 1 aromatic heterocycles. The van der Waals surface area contributed by atoms with E-state index in [1.165, 1.54) is 7.11 Å². The molecule has 0 fully saturated rings. The van der Waals surface area contributed by atoms with E-state index in [0.29, 0.717) is 39.5 Å². The zero-order valence-corrected chi connectivity index (χ0v) is 14.9. The minimum Gasteiger partial charge on any atom is -0.495 e. The van der Waals surface area contributed by atoms with Crippen LogP contribution in [-0.2, 0) is 6.61 Å². The Bertz CT molecular complexity index is 909. The van der Waals surface area contributed by atoms with Crippen molar-refractivity contribution < 1.29 is 18.8 Å². The van der Waals surface area contributed by atoms with E-state index < -0.39 is 0 Å². The summed E-state index contributed by atoms with van der Waals surface area (Å²) in [5, 5.41) is 6.95. The van der Waals surface area contributed by atoms with Crippen LogP contribution in [0.3, 0.4) is 0 Å². The molecule has 2 aromatic carbocycles. The number of aryl methyl sites for hydroxylation is 1. The van der Waals surface area contributed by atoms with Gasteiger partial charge >= 0.3 is 0 Å². The third-order valence-corrected chi connectivity index (χ3v) is 3.76. The molecule has 1 heterocycles. The first kappa shape index (κ1) is 17.8. The van der Waals surface area contributed by atoms with Crippen molar-refractivity contribution in [2.45, 2.75) is 13.5 Å². The molecule has 26 heavy (non-hydrogen) atoms. The van der Waals surface area contributed by atoms with Crippen LogP contribution in [0.5, 0.6) is 11.5 Å². The Morgan fingerprint density at radius 1 is 1.23 bits per heavy atom. The number of hydrogen-bond acceptors (Lipinski definition) is 6. The highest BCUT2D eigenvalue weighted by Crippen LogP contribution is 2.27. The number of nitrogens with zero attached hydrogens (tertiary/aromatic N) is 2. The van der Waals surface area contributed by atoms with E-state index in [2.05, 4.69) is 15.5 Å². The maximum Gasteiger partial charge on any atom is 0.255 e. The summed E-state index contributed by atoms with van der Waals surface area (Å²) >= 11 is 6.06. The number of benzene rings is 2. The Kier molecular flexibility index (Phi) is 5.38. The topological polar surface area (TPSA) is 86.5 Å². The lowest BCUT2D eigenvalue weighted by Gasteiger charge is -2.09. The molecule has 3 aromatic rings. The Morgan fingerprint density at radius 2 is 2.00 bits per heavy atom. The second-order valence-electron chi connectivity index (χ2n) is 5.35. The number of methoxy groups -OCH3 is 1. The summed E-state index contributed by atoms with van der Waals surface area (Å²) in [6.07, 6.45) is 0. The molecule has 0 saturated heterocycles. The number of carbonyl (C=O) groups is 1. The molecule has 0 unspecified atom stereocenters. The molecule has 0 spiro atoms. The minimum atomic E-state index is -0.258. The SMILES string of the molecule is COc1ccc(NC(=O)c2ccc(OCc3noc(C)n3)cc2)cc1Cl. The Morgan fingerprint density at radius 3 is 2.62 bits per heavy atom. The number of anilines is 1. The molecular formula is C18H16ClN3O4. The zero-order valence-electron chi connectivity index (χ0n) is 14.2. The van der Waals surface area contributed by atoms with Crippen LogP contribution in [-0.4, -0.2) is 23.2 Å². The summed E-state index contributed by atoms with van der Waals surface area (Å²) < 4.78 is 15.5. The van der Waals surface area contributed by atoms with Crippen molar-refractivity contribution in [1.29, 1.82) is 0 Å². The van der Waals surface area contributed by atoms with Gasteiger partial charge in [-0.15, -0.1) is 0 Å². The molecule has 7 nitrogen and oxygen atoms in total. The molecule has 1 amide bonds. The first-order chi connectivity index (χ1) is 12.5. The summed E-state index contributed by atoms with van der Waals surface area (Å²) in [5.74, 6) is 1.82. The van der Waals surface area contributed by atoms with Gasteiger partial charge in [-0.2, -0.15) is 4.98 Å². The fraction of sp³-hybridized carbons (Fsp3) is 0.167. The Balaban J connectivity index is 1.60. The fourth-order valence-electron chi connectivity index (χ4n) is 2.20. The van der Waals surface area contributed by atoms with Gasteiger partial charge in [-0.25, -0.2) is 0 Å². The van der Waals surface area contributed by atoms with Crippen LogP contribution in [0, 0.1) is 6.92 Å². The number of ether oxygens (including phenoxy) is 2. The van der Waals surface area contributed by atoms with Crippen LogP contribution in [0.15, 0.2) is 47.0 Å². The number of nitrogens with one attached hydrogen (secondary N) is 1. The lowest BCUT2D eigenvalue weighted by Crippen LogP contribution is -2.11. The van der Waals surface area contributed by atoms with Crippen molar-refractivity contribution in [3.63, 3.8) is 0 Å².